The molecule has 1 aromatic heterocycles. The summed E-state index contributed by atoms with van der Waals surface area (Å²) < 4.78 is 12.7. The van der Waals surface area contributed by atoms with E-state index in [0.717, 1.165) is 38.0 Å². The molecule has 1 saturated carbocycles. The van der Waals surface area contributed by atoms with Crippen LogP contribution in [0.3, 0.4) is 0 Å². The van der Waals surface area contributed by atoms with Crippen molar-refractivity contribution in [1.82, 2.24) is 15.0 Å². The molecule has 6 heteroatoms. The quantitative estimate of drug-likeness (QED) is 0.770. The van der Waals surface area contributed by atoms with Crippen LogP contribution in [0.2, 0.25) is 0 Å². The van der Waals surface area contributed by atoms with Crippen molar-refractivity contribution < 1.29 is 14.3 Å². The maximum absolute atomic E-state index is 11.9. The Balaban J connectivity index is 1.78. The molecule has 6 nitrogen and oxygen atoms in total. The molecule has 1 aromatic rings. The number of carbonyl (C=O) groups excluding carboxylic acids is 1. The van der Waals surface area contributed by atoms with Gasteiger partial charge in [-0.2, -0.15) is 0 Å². The number of esters is 1. The largest absolute Gasteiger partial charge is 0.461 e. The first-order valence-electron chi connectivity index (χ1n) is 7.51. The Morgan fingerprint density at radius 1 is 1.40 bits per heavy atom. The Bertz CT molecular complexity index is 476. The molecule has 3 rings (SSSR count). The number of aromatic nitrogens is 3. The molecular weight excluding hydrogens is 258 g/mol. The molecule has 1 saturated heterocycles. The van der Waals surface area contributed by atoms with E-state index >= 15 is 0 Å². The first kappa shape index (κ1) is 13.5. The topological polar surface area (TPSA) is 66.2 Å². The lowest BCUT2D eigenvalue weighted by molar-refractivity contribution is 0.00319. The third kappa shape index (κ3) is 2.85. The van der Waals surface area contributed by atoms with E-state index in [0.29, 0.717) is 24.8 Å². The van der Waals surface area contributed by atoms with Gasteiger partial charge in [-0.15, -0.1) is 5.10 Å². The summed E-state index contributed by atoms with van der Waals surface area (Å²) in [6, 6.07) is 0. The Labute approximate surface area is 118 Å². The number of hydrogen-bond acceptors (Lipinski definition) is 5. The minimum atomic E-state index is -0.356. The molecule has 1 aliphatic heterocycles. The Morgan fingerprint density at radius 3 is 2.90 bits per heavy atom. The second-order valence-corrected chi connectivity index (χ2v) is 5.49. The smallest absolute Gasteiger partial charge is 0.360 e. The maximum Gasteiger partial charge on any atom is 0.360 e. The van der Waals surface area contributed by atoms with E-state index in [1.807, 2.05) is 4.68 Å². The highest BCUT2D eigenvalue weighted by atomic mass is 16.5. The van der Waals surface area contributed by atoms with E-state index < -0.39 is 0 Å². The molecule has 110 valence electrons. The van der Waals surface area contributed by atoms with E-state index in [1.54, 1.807) is 6.92 Å². The van der Waals surface area contributed by atoms with Crippen molar-refractivity contribution in [2.24, 2.45) is 0 Å². The summed E-state index contributed by atoms with van der Waals surface area (Å²) in [5.41, 5.74) is 1.34. The van der Waals surface area contributed by atoms with Gasteiger partial charge in [-0.3, -0.25) is 0 Å². The first-order valence-corrected chi connectivity index (χ1v) is 7.51. The van der Waals surface area contributed by atoms with E-state index in [4.69, 9.17) is 9.47 Å². The third-order valence-corrected chi connectivity index (χ3v) is 3.86. The van der Waals surface area contributed by atoms with Crippen LogP contribution in [0.4, 0.5) is 0 Å². The van der Waals surface area contributed by atoms with Gasteiger partial charge in [0.1, 0.15) is 0 Å². The highest BCUT2D eigenvalue weighted by molar-refractivity contribution is 5.88. The SMILES string of the molecule is CCOC(=O)c1nnn(CC2CCCCO2)c1C1CC1. The van der Waals surface area contributed by atoms with Crippen molar-refractivity contribution in [3.05, 3.63) is 11.4 Å². The van der Waals surface area contributed by atoms with E-state index in [2.05, 4.69) is 10.3 Å². The maximum atomic E-state index is 11.9. The van der Waals surface area contributed by atoms with E-state index in [9.17, 15) is 4.79 Å². The average Bonchev–Trinajstić information content (AvgIpc) is 3.21. The van der Waals surface area contributed by atoms with Crippen molar-refractivity contribution in [1.29, 1.82) is 0 Å². The van der Waals surface area contributed by atoms with Crippen LogP contribution in [0.25, 0.3) is 0 Å². The average molecular weight is 279 g/mol. The van der Waals surface area contributed by atoms with Crippen molar-refractivity contribution >= 4 is 5.97 Å². The van der Waals surface area contributed by atoms with Crippen molar-refractivity contribution in [3.63, 3.8) is 0 Å². The monoisotopic (exact) mass is 279 g/mol. The number of rotatable bonds is 5. The molecule has 1 unspecified atom stereocenters. The number of nitrogens with zero attached hydrogens (tertiary/aromatic N) is 3. The minimum Gasteiger partial charge on any atom is -0.461 e. The molecular formula is C14H21N3O3. The fraction of sp³-hybridized carbons (Fsp3) is 0.786. The normalized spacial score (nSPS) is 22.8. The van der Waals surface area contributed by atoms with Crippen molar-refractivity contribution in [3.8, 4) is 0 Å². The molecule has 1 aliphatic carbocycles. The molecule has 0 bridgehead atoms. The summed E-state index contributed by atoms with van der Waals surface area (Å²) in [7, 11) is 0. The minimum absolute atomic E-state index is 0.193. The van der Waals surface area contributed by atoms with Gasteiger partial charge < -0.3 is 9.47 Å². The third-order valence-electron chi connectivity index (χ3n) is 3.86. The molecule has 0 aromatic carbocycles. The van der Waals surface area contributed by atoms with Crippen LogP contribution in [0.15, 0.2) is 0 Å². The zero-order valence-electron chi connectivity index (χ0n) is 11.9. The van der Waals surface area contributed by atoms with Gasteiger partial charge >= 0.3 is 5.97 Å². The van der Waals surface area contributed by atoms with Crippen LogP contribution >= 0.6 is 0 Å². The van der Waals surface area contributed by atoms with Gasteiger partial charge in [0.05, 0.1) is 24.9 Å². The fourth-order valence-corrected chi connectivity index (χ4v) is 2.71. The van der Waals surface area contributed by atoms with Crippen LogP contribution in [0.1, 0.15) is 61.1 Å². The fourth-order valence-electron chi connectivity index (χ4n) is 2.71. The lowest BCUT2D eigenvalue weighted by Crippen LogP contribution is -2.26. The molecule has 1 atom stereocenters. The predicted octanol–water partition coefficient (Wildman–Crippen LogP) is 1.90. The van der Waals surface area contributed by atoms with Crippen LogP contribution in [0.5, 0.6) is 0 Å². The van der Waals surface area contributed by atoms with Crippen LogP contribution in [0, 0.1) is 0 Å². The Hall–Kier alpha value is -1.43. The molecule has 2 heterocycles. The van der Waals surface area contributed by atoms with Crippen LogP contribution < -0.4 is 0 Å². The summed E-state index contributed by atoms with van der Waals surface area (Å²) in [6.45, 7) is 3.68. The van der Waals surface area contributed by atoms with Gasteiger partial charge in [0, 0.05) is 12.5 Å². The highest BCUT2D eigenvalue weighted by Gasteiger charge is 2.35. The molecule has 0 N–H and O–H groups in total. The molecule has 2 fully saturated rings. The van der Waals surface area contributed by atoms with Crippen LogP contribution in [-0.2, 0) is 16.0 Å². The lowest BCUT2D eigenvalue weighted by Gasteiger charge is -2.22. The van der Waals surface area contributed by atoms with Gasteiger partial charge in [0.25, 0.3) is 0 Å². The molecule has 20 heavy (non-hydrogen) atoms. The van der Waals surface area contributed by atoms with Crippen molar-refractivity contribution in [2.45, 2.75) is 57.6 Å². The molecule has 2 aliphatic rings. The molecule has 0 spiro atoms. The molecule has 0 amide bonds. The summed E-state index contributed by atoms with van der Waals surface area (Å²) in [5, 5.41) is 8.20. The second-order valence-electron chi connectivity index (χ2n) is 5.49. The van der Waals surface area contributed by atoms with Gasteiger partial charge in [-0.1, -0.05) is 5.21 Å². The first-order chi connectivity index (χ1) is 9.79. The summed E-state index contributed by atoms with van der Waals surface area (Å²) >= 11 is 0. The predicted molar refractivity (Wildman–Crippen MR) is 71.5 cm³/mol. The summed E-state index contributed by atoms with van der Waals surface area (Å²) in [4.78, 5) is 11.9. The van der Waals surface area contributed by atoms with E-state index in [1.165, 1.54) is 6.42 Å². The van der Waals surface area contributed by atoms with Crippen molar-refractivity contribution in [2.75, 3.05) is 13.2 Å². The summed E-state index contributed by atoms with van der Waals surface area (Å²) in [6.07, 6.45) is 5.79. The standard InChI is InChI=1S/C14H21N3O3/c1-2-19-14(18)12-13(10-6-7-10)17(16-15-12)9-11-5-3-4-8-20-11/h10-11H,2-9H2,1H3. The van der Waals surface area contributed by atoms with Gasteiger partial charge in [-0.25, -0.2) is 9.48 Å². The number of carbonyl (C=O) groups is 1. The number of hydrogen-bond donors (Lipinski definition) is 0. The van der Waals surface area contributed by atoms with Gasteiger partial charge in [0.15, 0.2) is 5.69 Å². The van der Waals surface area contributed by atoms with E-state index in [-0.39, 0.29) is 12.1 Å². The second kappa shape index (κ2) is 5.91. The Morgan fingerprint density at radius 2 is 2.25 bits per heavy atom. The zero-order chi connectivity index (χ0) is 13.9. The Kier molecular flexibility index (Phi) is 4.00. The molecule has 0 radical (unpaired) electrons. The van der Waals surface area contributed by atoms with Crippen LogP contribution in [-0.4, -0.2) is 40.3 Å². The number of ether oxygens (including phenoxy) is 2. The zero-order valence-corrected chi connectivity index (χ0v) is 11.9. The van der Waals surface area contributed by atoms with Gasteiger partial charge in [0.2, 0.25) is 0 Å². The van der Waals surface area contributed by atoms with Gasteiger partial charge in [-0.05, 0) is 39.0 Å². The summed E-state index contributed by atoms with van der Waals surface area (Å²) in [5.74, 6) is 0.0539. The highest BCUT2D eigenvalue weighted by Crippen LogP contribution is 2.41. The lowest BCUT2D eigenvalue weighted by atomic mass is 10.1.